The first kappa shape index (κ1) is 14.7. The second-order valence-corrected chi connectivity index (χ2v) is 4.99. The van der Waals surface area contributed by atoms with E-state index in [1.54, 1.807) is 7.11 Å². The number of nitrogens with one attached hydrogen (secondary N) is 1. The van der Waals surface area contributed by atoms with Crippen molar-refractivity contribution in [3.05, 3.63) is 23.8 Å². The van der Waals surface area contributed by atoms with Crippen LogP contribution in [0.1, 0.15) is 31.2 Å². The smallest absolute Gasteiger partial charge is 0.234 e. The van der Waals surface area contributed by atoms with Gasteiger partial charge in [0.05, 0.1) is 19.8 Å². The van der Waals surface area contributed by atoms with E-state index in [-0.39, 0.29) is 18.6 Å². The monoisotopic (exact) mass is 278 g/mol. The van der Waals surface area contributed by atoms with Crippen LogP contribution in [0.15, 0.2) is 18.2 Å². The number of hydrogen-bond acceptors (Lipinski definition) is 4. The van der Waals surface area contributed by atoms with Crippen molar-refractivity contribution in [3.8, 4) is 11.5 Å². The number of methoxy groups -OCH3 is 1. The standard InChI is InChI=1S/C15H22N2O3/c1-19-13-7-6-11(10-17-15(18)9-16)8-14(13)20-12-4-2-3-5-12/h6-8,12H,2-5,9-10,16H2,1H3,(H,17,18). The maximum atomic E-state index is 11.2. The first-order valence-corrected chi connectivity index (χ1v) is 7.03. The highest BCUT2D eigenvalue weighted by Crippen LogP contribution is 2.32. The largest absolute Gasteiger partial charge is 0.493 e. The molecule has 0 radical (unpaired) electrons. The maximum absolute atomic E-state index is 11.2. The molecule has 1 amide bonds. The van der Waals surface area contributed by atoms with Crippen molar-refractivity contribution < 1.29 is 14.3 Å². The van der Waals surface area contributed by atoms with Gasteiger partial charge in [-0.05, 0) is 43.4 Å². The van der Waals surface area contributed by atoms with Crippen LogP contribution in [0.25, 0.3) is 0 Å². The van der Waals surface area contributed by atoms with Crippen molar-refractivity contribution in [1.82, 2.24) is 5.32 Å². The molecular weight excluding hydrogens is 256 g/mol. The van der Waals surface area contributed by atoms with E-state index in [1.807, 2.05) is 18.2 Å². The predicted molar refractivity (Wildman–Crippen MR) is 76.8 cm³/mol. The lowest BCUT2D eigenvalue weighted by atomic mass is 10.2. The molecule has 1 aromatic carbocycles. The average Bonchev–Trinajstić information content (AvgIpc) is 2.98. The Morgan fingerprint density at radius 1 is 1.35 bits per heavy atom. The molecule has 1 aliphatic carbocycles. The molecule has 5 heteroatoms. The van der Waals surface area contributed by atoms with Gasteiger partial charge in [-0.2, -0.15) is 0 Å². The molecule has 0 bridgehead atoms. The Morgan fingerprint density at radius 2 is 2.10 bits per heavy atom. The second-order valence-electron chi connectivity index (χ2n) is 4.99. The van der Waals surface area contributed by atoms with Gasteiger partial charge in [-0.1, -0.05) is 6.07 Å². The summed E-state index contributed by atoms with van der Waals surface area (Å²) in [6.07, 6.45) is 4.91. The number of nitrogens with two attached hydrogens (primary N) is 1. The number of benzene rings is 1. The normalized spacial score (nSPS) is 15.1. The first-order chi connectivity index (χ1) is 9.72. The Hall–Kier alpha value is -1.75. The van der Waals surface area contributed by atoms with Crippen LogP contribution in [0.2, 0.25) is 0 Å². The van der Waals surface area contributed by atoms with E-state index in [4.69, 9.17) is 15.2 Å². The lowest BCUT2D eigenvalue weighted by Gasteiger charge is -2.17. The fourth-order valence-electron chi connectivity index (χ4n) is 2.38. The van der Waals surface area contributed by atoms with Gasteiger partial charge in [0.25, 0.3) is 0 Å². The number of carbonyl (C=O) groups is 1. The van der Waals surface area contributed by atoms with E-state index in [0.717, 1.165) is 29.9 Å². The summed E-state index contributed by atoms with van der Waals surface area (Å²) in [5, 5.41) is 2.75. The molecule has 0 spiro atoms. The highest BCUT2D eigenvalue weighted by molar-refractivity contribution is 5.77. The molecule has 5 nitrogen and oxygen atoms in total. The highest BCUT2D eigenvalue weighted by Gasteiger charge is 2.18. The predicted octanol–water partition coefficient (Wildman–Crippen LogP) is 1.59. The van der Waals surface area contributed by atoms with Gasteiger partial charge in [0.15, 0.2) is 11.5 Å². The minimum Gasteiger partial charge on any atom is -0.493 e. The number of carbonyl (C=O) groups excluding carboxylic acids is 1. The van der Waals surface area contributed by atoms with Gasteiger partial charge < -0.3 is 20.5 Å². The van der Waals surface area contributed by atoms with Crippen molar-refractivity contribution in [2.45, 2.75) is 38.3 Å². The summed E-state index contributed by atoms with van der Waals surface area (Å²) in [5.41, 5.74) is 6.24. The third-order valence-corrected chi connectivity index (χ3v) is 3.50. The molecule has 1 aliphatic rings. The lowest BCUT2D eigenvalue weighted by molar-refractivity contribution is -0.119. The Kier molecular flexibility index (Phi) is 5.24. The highest BCUT2D eigenvalue weighted by atomic mass is 16.5. The lowest BCUT2D eigenvalue weighted by Crippen LogP contribution is -2.29. The van der Waals surface area contributed by atoms with Crippen LogP contribution in [0, 0.1) is 0 Å². The zero-order valence-corrected chi connectivity index (χ0v) is 11.9. The van der Waals surface area contributed by atoms with E-state index in [1.165, 1.54) is 12.8 Å². The van der Waals surface area contributed by atoms with Crippen molar-refractivity contribution in [1.29, 1.82) is 0 Å². The minimum atomic E-state index is -0.168. The second kappa shape index (κ2) is 7.14. The fourth-order valence-corrected chi connectivity index (χ4v) is 2.38. The average molecular weight is 278 g/mol. The molecule has 0 aromatic heterocycles. The van der Waals surface area contributed by atoms with Crippen LogP contribution in [0.3, 0.4) is 0 Å². The van der Waals surface area contributed by atoms with Gasteiger partial charge in [-0.25, -0.2) is 0 Å². The zero-order chi connectivity index (χ0) is 14.4. The Labute approximate surface area is 119 Å². The van der Waals surface area contributed by atoms with Gasteiger partial charge in [0.1, 0.15) is 0 Å². The molecule has 0 aliphatic heterocycles. The van der Waals surface area contributed by atoms with Crippen LogP contribution in [0.5, 0.6) is 11.5 Å². The maximum Gasteiger partial charge on any atom is 0.234 e. The molecule has 1 saturated carbocycles. The van der Waals surface area contributed by atoms with Crippen LogP contribution in [-0.4, -0.2) is 25.7 Å². The first-order valence-electron chi connectivity index (χ1n) is 7.03. The van der Waals surface area contributed by atoms with Crippen LogP contribution >= 0.6 is 0 Å². The molecule has 110 valence electrons. The third kappa shape index (κ3) is 3.87. The number of ether oxygens (including phenoxy) is 2. The van der Waals surface area contributed by atoms with Gasteiger partial charge >= 0.3 is 0 Å². The van der Waals surface area contributed by atoms with E-state index in [0.29, 0.717) is 6.54 Å². The van der Waals surface area contributed by atoms with Crippen LogP contribution in [-0.2, 0) is 11.3 Å². The SMILES string of the molecule is COc1ccc(CNC(=O)CN)cc1OC1CCCC1. The van der Waals surface area contributed by atoms with Gasteiger partial charge in [-0.3, -0.25) is 4.79 Å². The molecule has 0 saturated heterocycles. The summed E-state index contributed by atoms with van der Waals surface area (Å²) in [7, 11) is 1.63. The number of amides is 1. The van der Waals surface area contributed by atoms with E-state index in [2.05, 4.69) is 5.32 Å². The molecule has 1 aromatic rings. The van der Waals surface area contributed by atoms with Crippen LogP contribution in [0.4, 0.5) is 0 Å². The third-order valence-electron chi connectivity index (χ3n) is 3.50. The Morgan fingerprint density at radius 3 is 2.75 bits per heavy atom. The van der Waals surface area contributed by atoms with Crippen molar-refractivity contribution >= 4 is 5.91 Å². The van der Waals surface area contributed by atoms with E-state index >= 15 is 0 Å². The summed E-state index contributed by atoms with van der Waals surface area (Å²) in [6, 6.07) is 5.71. The molecular formula is C15H22N2O3. The molecule has 1 fully saturated rings. The topological polar surface area (TPSA) is 73.6 Å². The Bertz CT molecular complexity index is 456. The van der Waals surface area contributed by atoms with E-state index in [9.17, 15) is 4.79 Å². The molecule has 20 heavy (non-hydrogen) atoms. The van der Waals surface area contributed by atoms with Crippen molar-refractivity contribution in [3.63, 3.8) is 0 Å². The summed E-state index contributed by atoms with van der Waals surface area (Å²) in [5.74, 6) is 1.31. The van der Waals surface area contributed by atoms with Crippen molar-refractivity contribution in [2.24, 2.45) is 5.73 Å². The molecule has 0 heterocycles. The quantitative estimate of drug-likeness (QED) is 0.829. The van der Waals surface area contributed by atoms with Gasteiger partial charge in [-0.15, -0.1) is 0 Å². The molecule has 2 rings (SSSR count). The van der Waals surface area contributed by atoms with Gasteiger partial charge in [0.2, 0.25) is 5.91 Å². The van der Waals surface area contributed by atoms with Crippen LogP contribution < -0.4 is 20.5 Å². The zero-order valence-electron chi connectivity index (χ0n) is 11.9. The summed E-state index contributed by atoms with van der Waals surface area (Å²) in [4.78, 5) is 11.2. The van der Waals surface area contributed by atoms with Gasteiger partial charge in [0, 0.05) is 6.54 Å². The number of hydrogen-bond donors (Lipinski definition) is 2. The molecule has 3 N–H and O–H groups in total. The number of rotatable bonds is 6. The van der Waals surface area contributed by atoms with Crippen molar-refractivity contribution in [2.75, 3.05) is 13.7 Å². The van der Waals surface area contributed by atoms with E-state index < -0.39 is 0 Å². The summed E-state index contributed by atoms with van der Waals surface area (Å²) < 4.78 is 11.3. The summed E-state index contributed by atoms with van der Waals surface area (Å²) >= 11 is 0. The Balaban J connectivity index is 2.05. The minimum absolute atomic E-state index is 0.00157. The summed E-state index contributed by atoms with van der Waals surface area (Å²) in [6.45, 7) is 0.447. The molecule has 0 atom stereocenters. The molecule has 0 unspecified atom stereocenters. The fraction of sp³-hybridized carbons (Fsp3) is 0.533.